The predicted octanol–water partition coefficient (Wildman–Crippen LogP) is 1.30. The van der Waals surface area contributed by atoms with Crippen molar-refractivity contribution in [1.29, 1.82) is 0 Å². The Labute approximate surface area is 66.1 Å². The molecule has 2 N–H and O–H groups in total. The average Bonchev–Trinajstić information content (AvgIpc) is 2.05. The van der Waals surface area contributed by atoms with Crippen molar-refractivity contribution in [3.63, 3.8) is 0 Å². The van der Waals surface area contributed by atoms with E-state index in [-0.39, 0.29) is 18.3 Å². The summed E-state index contributed by atoms with van der Waals surface area (Å²) in [5.74, 6) is 0.134. The Morgan fingerprint density at radius 2 is 1.82 bits per heavy atom. The summed E-state index contributed by atoms with van der Waals surface area (Å²) >= 11 is 0. The lowest BCUT2D eigenvalue weighted by Crippen LogP contribution is -1.97. The number of benzene rings is 1. The second kappa shape index (κ2) is 3.39. The van der Waals surface area contributed by atoms with Crippen LogP contribution in [0.5, 0.6) is 5.75 Å². The van der Waals surface area contributed by atoms with Gasteiger partial charge in [0, 0.05) is 12.5 Å². The van der Waals surface area contributed by atoms with E-state index in [4.69, 9.17) is 10.2 Å². The smallest absolute Gasteiger partial charge is 0.115 e. The van der Waals surface area contributed by atoms with Gasteiger partial charge in [-0.2, -0.15) is 0 Å². The quantitative estimate of drug-likeness (QED) is 0.668. The molecule has 1 rings (SSSR count). The van der Waals surface area contributed by atoms with Gasteiger partial charge in [0.25, 0.3) is 0 Å². The van der Waals surface area contributed by atoms with Gasteiger partial charge in [-0.1, -0.05) is 12.1 Å². The molecule has 0 spiro atoms. The van der Waals surface area contributed by atoms with Crippen LogP contribution in [0, 0.1) is 6.92 Å². The molecule has 0 aliphatic carbocycles. The first-order valence-electron chi connectivity index (χ1n) is 3.47. The Bertz CT molecular complexity index is 216. The first-order chi connectivity index (χ1) is 5.24. The molecule has 0 saturated heterocycles. The third-order valence-electron chi connectivity index (χ3n) is 1.58. The highest BCUT2D eigenvalue weighted by Gasteiger charge is 2.02. The molecule has 0 amide bonds. The van der Waals surface area contributed by atoms with Crippen LogP contribution in [0.25, 0.3) is 0 Å². The van der Waals surface area contributed by atoms with Crippen molar-refractivity contribution in [3.8, 4) is 5.75 Å². The van der Waals surface area contributed by atoms with Gasteiger partial charge in [0.1, 0.15) is 5.75 Å². The largest absolute Gasteiger partial charge is 0.508 e. The molecule has 1 radical (unpaired) electrons. The molecule has 0 fully saturated rings. The van der Waals surface area contributed by atoms with Crippen LogP contribution in [-0.2, 0) is 0 Å². The van der Waals surface area contributed by atoms with Gasteiger partial charge in [0.15, 0.2) is 0 Å². The SMILES string of the molecule is [CH2][C@H](CO)c1ccc(O)cc1. The van der Waals surface area contributed by atoms with Crippen LogP contribution in [0.3, 0.4) is 0 Å². The molecule has 0 aliphatic heterocycles. The van der Waals surface area contributed by atoms with Gasteiger partial charge in [-0.15, -0.1) is 0 Å². The Hall–Kier alpha value is -1.02. The maximum absolute atomic E-state index is 8.93. The van der Waals surface area contributed by atoms with E-state index in [1.807, 2.05) is 0 Å². The number of phenols is 1. The molecule has 1 aromatic rings. The summed E-state index contributed by atoms with van der Waals surface area (Å²) in [4.78, 5) is 0. The molecule has 1 aromatic carbocycles. The van der Waals surface area contributed by atoms with Crippen LogP contribution < -0.4 is 0 Å². The minimum Gasteiger partial charge on any atom is -0.508 e. The molecule has 0 saturated carbocycles. The lowest BCUT2D eigenvalue weighted by atomic mass is 10.0. The fraction of sp³-hybridized carbons (Fsp3) is 0.222. The fourth-order valence-corrected chi connectivity index (χ4v) is 0.852. The number of phenolic OH excluding ortho intramolecular Hbond substituents is 1. The Morgan fingerprint density at radius 3 is 2.27 bits per heavy atom. The van der Waals surface area contributed by atoms with E-state index in [9.17, 15) is 0 Å². The van der Waals surface area contributed by atoms with Crippen LogP contribution in [0.15, 0.2) is 24.3 Å². The van der Waals surface area contributed by atoms with E-state index >= 15 is 0 Å². The van der Waals surface area contributed by atoms with Gasteiger partial charge in [0.05, 0.1) is 0 Å². The van der Waals surface area contributed by atoms with E-state index in [0.29, 0.717) is 0 Å². The molecule has 2 heteroatoms. The third-order valence-corrected chi connectivity index (χ3v) is 1.58. The number of aromatic hydroxyl groups is 1. The van der Waals surface area contributed by atoms with E-state index < -0.39 is 0 Å². The van der Waals surface area contributed by atoms with E-state index in [2.05, 4.69) is 6.92 Å². The topological polar surface area (TPSA) is 40.5 Å². The van der Waals surface area contributed by atoms with E-state index in [0.717, 1.165) is 5.56 Å². The molecule has 0 unspecified atom stereocenters. The minimum atomic E-state index is -0.101. The Morgan fingerprint density at radius 1 is 1.27 bits per heavy atom. The average molecular weight is 151 g/mol. The molecule has 0 heterocycles. The first-order valence-corrected chi connectivity index (χ1v) is 3.47. The highest BCUT2D eigenvalue weighted by atomic mass is 16.3. The molecule has 1 atom stereocenters. The number of hydrogen-bond acceptors (Lipinski definition) is 2. The number of aliphatic hydroxyl groups excluding tert-OH is 1. The minimum absolute atomic E-state index is 0.0325. The highest BCUT2D eigenvalue weighted by Crippen LogP contribution is 2.16. The van der Waals surface area contributed by atoms with Crippen molar-refractivity contribution in [2.24, 2.45) is 0 Å². The van der Waals surface area contributed by atoms with Gasteiger partial charge < -0.3 is 10.2 Å². The van der Waals surface area contributed by atoms with E-state index in [1.54, 1.807) is 24.3 Å². The lowest BCUT2D eigenvalue weighted by molar-refractivity contribution is 0.282. The molecule has 2 nitrogen and oxygen atoms in total. The predicted molar refractivity (Wildman–Crippen MR) is 43.3 cm³/mol. The van der Waals surface area contributed by atoms with Crippen LogP contribution in [0.1, 0.15) is 11.5 Å². The summed E-state index contributed by atoms with van der Waals surface area (Å²) in [6, 6.07) is 6.68. The number of aliphatic hydroxyl groups is 1. The van der Waals surface area contributed by atoms with Crippen LogP contribution in [-0.4, -0.2) is 16.8 Å². The van der Waals surface area contributed by atoms with Crippen LogP contribution in [0.2, 0.25) is 0 Å². The molecule has 0 aromatic heterocycles. The summed E-state index contributed by atoms with van der Waals surface area (Å²) in [6.07, 6.45) is 0. The van der Waals surface area contributed by atoms with Crippen LogP contribution in [0.4, 0.5) is 0 Å². The lowest BCUT2D eigenvalue weighted by Gasteiger charge is -2.06. The second-order valence-corrected chi connectivity index (χ2v) is 2.47. The molecular formula is C9H11O2. The molecule has 0 aliphatic rings. The second-order valence-electron chi connectivity index (χ2n) is 2.47. The monoisotopic (exact) mass is 151 g/mol. The Kier molecular flexibility index (Phi) is 2.49. The summed E-state index contributed by atoms with van der Waals surface area (Å²) in [7, 11) is 0. The maximum Gasteiger partial charge on any atom is 0.115 e. The van der Waals surface area contributed by atoms with Gasteiger partial charge in [0.2, 0.25) is 0 Å². The standard InChI is InChI=1S/C9H11O2/c1-7(6-10)8-2-4-9(11)5-3-8/h2-5,7,10-11H,1,6H2/t7-/m1/s1. The summed E-state index contributed by atoms with van der Waals surface area (Å²) in [6.45, 7) is 3.76. The van der Waals surface area contributed by atoms with Crippen molar-refractivity contribution in [2.45, 2.75) is 5.92 Å². The van der Waals surface area contributed by atoms with Crippen molar-refractivity contribution < 1.29 is 10.2 Å². The number of hydrogen-bond donors (Lipinski definition) is 2. The summed E-state index contributed by atoms with van der Waals surface area (Å²) in [5, 5.41) is 17.7. The summed E-state index contributed by atoms with van der Waals surface area (Å²) in [5.41, 5.74) is 0.935. The van der Waals surface area contributed by atoms with Gasteiger partial charge in [-0.25, -0.2) is 0 Å². The van der Waals surface area contributed by atoms with Gasteiger partial charge >= 0.3 is 0 Å². The van der Waals surface area contributed by atoms with Crippen molar-refractivity contribution in [2.75, 3.05) is 6.61 Å². The fourth-order valence-electron chi connectivity index (χ4n) is 0.852. The zero-order valence-electron chi connectivity index (χ0n) is 6.20. The molecular weight excluding hydrogens is 140 g/mol. The first kappa shape index (κ1) is 8.08. The van der Waals surface area contributed by atoms with Crippen molar-refractivity contribution >= 4 is 0 Å². The zero-order chi connectivity index (χ0) is 8.27. The highest BCUT2D eigenvalue weighted by molar-refractivity contribution is 5.28. The van der Waals surface area contributed by atoms with Crippen molar-refractivity contribution in [1.82, 2.24) is 0 Å². The van der Waals surface area contributed by atoms with Gasteiger partial charge in [-0.3, -0.25) is 0 Å². The van der Waals surface area contributed by atoms with Gasteiger partial charge in [-0.05, 0) is 24.6 Å². The van der Waals surface area contributed by atoms with E-state index in [1.165, 1.54) is 0 Å². The summed E-state index contributed by atoms with van der Waals surface area (Å²) < 4.78 is 0. The van der Waals surface area contributed by atoms with Crippen molar-refractivity contribution in [3.05, 3.63) is 36.8 Å². The third kappa shape index (κ3) is 1.95. The Balaban J connectivity index is 2.81. The molecule has 59 valence electrons. The molecule has 0 bridgehead atoms. The number of rotatable bonds is 2. The molecule has 11 heavy (non-hydrogen) atoms. The normalized spacial score (nSPS) is 12.9. The zero-order valence-corrected chi connectivity index (χ0v) is 6.20. The van der Waals surface area contributed by atoms with Crippen LogP contribution >= 0.6 is 0 Å². The maximum atomic E-state index is 8.93.